The van der Waals surface area contributed by atoms with E-state index in [4.69, 9.17) is 15.9 Å². The van der Waals surface area contributed by atoms with Gasteiger partial charge in [-0.3, -0.25) is 15.0 Å². The number of rotatable bonds is 4. The predicted octanol–water partition coefficient (Wildman–Crippen LogP) is 5.16. The van der Waals surface area contributed by atoms with Gasteiger partial charge < -0.3 is 10.5 Å². The minimum absolute atomic E-state index is 0.0418. The Morgan fingerprint density at radius 2 is 1.71 bits per heavy atom. The van der Waals surface area contributed by atoms with Gasteiger partial charge in [-0.05, 0) is 106 Å². The Kier molecular flexibility index (Phi) is 6.02. The molecule has 4 aliphatic carbocycles. The molecule has 4 saturated carbocycles. The number of nitrogens with one attached hydrogen (secondary N) is 1. The van der Waals surface area contributed by atoms with Crippen LogP contribution in [0.3, 0.4) is 0 Å². The first-order chi connectivity index (χ1) is 14.5. The maximum atomic E-state index is 12.3. The van der Waals surface area contributed by atoms with Crippen LogP contribution >= 0.6 is 11.8 Å². The number of carbonyl (C=O) groups is 2. The van der Waals surface area contributed by atoms with Crippen LogP contribution in [0.15, 0.2) is 0 Å². The van der Waals surface area contributed by atoms with Gasteiger partial charge in [0.1, 0.15) is 11.4 Å². The number of amidine groups is 1. The Labute approximate surface area is 191 Å². The van der Waals surface area contributed by atoms with Crippen LogP contribution in [0.1, 0.15) is 85.5 Å². The van der Waals surface area contributed by atoms with Crippen molar-refractivity contribution in [2.24, 2.45) is 46.2 Å². The van der Waals surface area contributed by atoms with Crippen LogP contribution in [0.5, 0.6) is 0 Å². The van der Waals surface area contributed by atoms with Gasteiger partial charge in [0.25, 0.3) is 0 Å². The zero-order valence-electron chi connectivity index (χ0n) is 19.7. The molecule has 0 unspecified atom stereocenters. The van der Waals surface area contributed by atoms with Gasteiger partial charge in [0.2, 0.25) is 0 Å². The Balaban J connectivity index is 1.46. The van der Waals surface area contributed by atoms with Gasteiger partial charge in [-0.25, -0.2) is 0 Å². The van der Waals surface area contributed by atoms with Gasteiger partial charge in [-0.2, -0.15) is 0 Å². The van der Waals surface area contributed by atoms with Crippen molar-refractivity contribution in [1.29, 1.82) is 5.41 Å². The SMILES string of the molecule is CC(=O)[C@H]1CC[C@H]2[C@@H]3CC[C@H]4C[C@](C)(OC(=O)CSC(=N)N)CC[C@]4(C)[C@H]3CC[C@]12C. The summed E-state index contributed by atoms with van der Waals surface area (Å²) >= 11 is 1.04. The summed E-state index contributed by atoms with van der Waals surface area (Å²) < 4.78 is 5.94. The number of hydrogen-bond donors (Lipinski definition) is 2. The van der Waals surface area contributed by atoms with Crippen molar-refractivity contribution in [3.8, 4) is 0 Å². The quantitative estimate of drug-likeness (QED) is 0.352. The van der Waals surface area contributed by atoms with Crippen molar-refractivity contribution in [3.63, 3.8) is 0 Å². The molecule has 0 aliphatic heterocycles. The number of nitrogens with two attached hydrogens (primary N) is 1. The summed E-state index contributed by atoms with van der Waals surface area (Å²) in [5.41, 5.74) is 5.49. The molecule has 0 spiro atoms. The fourth-order valence-corrected chi connectivity index (χ4v) is 8.95. The van der Waals surface area contributed by atoms with Gasteiger partial charge in [0.15, 0.2) is 5.17 Å². The molecule has 0 aromatic carbocycles. The summed E-state index contributed by atoms with van der Waals surface area (Å²) in [7, 11) is 0. The minimum atomic E-state index is -0.401. The van der Waals surface area contributed by atoms with Crippen LogP contribution in [0.4, 0.5) is 0 Å². The standard InChI is InChI=1S/C25H40N2O3S/c1-15(28)18-7-8-19-17-6-5-16-13-23(2,30-21(29)14-31-22(26)27)11-12-24(16,3)20(17)9-10-25(18,19)4/h16-20H,5-14H2,1-4H3,(H3,26,27)/t16-,17-,18+,19-,20-,23+,24-,25+/m0/s1. The van der Waals surface area contributed by atoms with Crippen molar-refractivity contribution in [3.05, 3.63) is 0 Å². The summed E-state index contributed by atoms with van der Waals surface area (Å²) in [4.78, 5) is 24.7. The number of esters is 1. The van der Waals surface area contributed by atoms with E-state index in [9.17, 15) is 9.59 Å². The second-order valence-corrected chi connectivity index (χ2v) is 12.7. The number of Topliss-reactive ketones (excluding diaryl/α,β-unsaturated/α-hetero) is 1. The molecular formula is C25H40N2O3S. The zero-order chi connectivity index (χ0) is 22.6. The maximum Gasteiger partial charge on any atom is 0.316 e. The van der Waals surface area contributed by atoms with Crippen molar-refractivity contribution in [2.75, 3.05) is 5.75 Å². The van der Waals surface area contributed by atoms with E-state index in [0.717, 1.165) is 49.3 Å². The Hall–Kier alpha value is -1.04. The third-order valence-electron chi connectivity index (χ3n) is 10.1. The lowest BCUT2D eigenvalue weighted by atomic mass is 9.44. The molecule has 0 aromatic rings. The number of fused-ring (bicyclic) bond motifs is 5. The lowest BCUT2D eigenvalue weighted by Gasteiger charge is -2.62. The topological polar surface area (TPSA) is 93.2 Å². The molecule has 5 nitrogen and oxygen atoms in total. The van der Waals surface area contributed by atoms with E-state index < -0.39 is 5.60 Å². The van der Waals surface area contributed by atoms with Crippen molar-refractivity contribution in [2.45, 2.75) is 91.1 Å². The average molecular weight is 449 g/mol. The molecule has 0 bridgehead atoms. The number of hydrogen-bond acceptors (Lipinski definition) is 5. The third kappa shape index (κ3) is 3.95. The lowest BCUT2D eigenvalue weighted by molar-refractivity contribution is -0.178. The summed E-state index contributed by atoms with van der Waals surface area (Å²) in [5, 5.41) is 7.26. The van der Waals surface area contributed by atoms with E-state index in [2.05, 4.69) is 20.8 Å². The molecule has 0 radical (unpaired) electrons. The highest BCUT2D eigenvalue weighted by molar-refractivity contribution is 8.14. The van der Waals surface area contributed by atoms with Crippen molar-refractivity contribution >= 4 is 28.7 Å². The molecule has 0 amide bonds. The highest BCUT2D eigenvalue weighted by Crippen LogP contribution is 2.68. The molecule has 31 heavy (non-hydrogen) atoms. The van der Waals surface area contributed by atoms with Crippen LogP contribution in [-0.2, 0) is 14.3 Å². The number of thioether (sulfide) groups is 1. The average Bonchev–Trinajstić information content (AvgIpc) is 3.04. The van der Waals surface area contributed by atoms with E-state index in [0.29, 0.717) is 23.0 Å². The van der Waals surface area contributed by atoms with E-state index in [1.165, 1.54) is 32.1 Å². The lowest BCUT2D eigenvalue weighted by Crippen LogP contribution is -2.56. The summed E-state index contributed by atoms with van der Waals surface area (Å²) in [5.74, 6) is 3.33. The molecule has 4 rings (SSSR count). The van der Waals surface area contributed by atoms with Gasteiger partial charge >= 0.3 is 5.97 Å². The normalized spacial score (nSPS) is 46.4. The van der Waals surface area contributed by atoms with Gasteiger partial charge in [-0.15, -0.1) is 0 Å². The molecule has 6 heteroatoms. The molecule has 8 atom stereocenters. The van der Waals surface area contributed by atoms with Gasteiger partial charge in [0, 0.05) is 5.92 Å². The number of ether oxygens (including phenoxy) is 1. The molecule has 4 fully saturated rings. The Morgan fingerprint density at radius 3 is 2.39 bits per heavy atom. The van der Waals surface area contributed by atoms with Crippen LogP contribution < -0.4 is 5.73 Å². The Bertz CT molecular complexity index is 772. The fraction of sp³-hybridized carbons (Fsp3) is 0.880. The first-order valence-corrected chi connectivity index (χ1v) is 13.2. The first kappa shape index (κ1) is 23.1. The smallest absolute Gasteiger partial charge is 0.316 e. The van der Waals surface area contributed by atoms with Gasteiger partial charge in [0.05, 0.1) is 5.75 Å². The second kappa shape index (κ2) is 8.07. The minimum Gasteiger partial charge on any atom is -0.459 e. The summed E-state index contributed by atoms with van der Waals surface area (Å²) in [6, 6.07) is 0. The van der Waals surface area contributed by atoms with Crippen LogP contribution in [0, 0.1) is 45.8 Å². The van der Waals surface area contributed by atoms with Crippen molar-refractivity contribution in [1.82, 2.24) is 0 Å². The molecule has 3 N–H and O–H groups in total. The number of carbonyl (C=O) groups excluding carboxylic acids is 2. The molecular weight excluding hydrogens is 408 g/mol. The summed E-state index contributed by atoms with van der Waals surface area (Å²) in [6.07, 6.45) is 10.2. The van der Waals surface area contributed by atoms with Crippen molar-refractivity contribution < 1.29 is 14.3 Å². The van der Waals surface area contributed by atoms with Crippen LogP contribution in [-0.4, -0.2) is 28.3 Å². The molecule has 174 valence electrons. The maximum absolute atomic E-state index is 12.3. The predicted molar refractivity (Wildman–Crippen MR) is 125 cm³/mol. The second-order valence-electron chi connectivity index (χ2n) is 11.7. The largest absolute Gasteiger partial charge is 0.459 e. The third-order valence-corrected chi connectivity index (χ3v) is 10.8. The molecule has 0 heterocycles. The summed E-state index contributed by atoms with van der Waals surface area (Å²) in [6.45, 7) is 8.83. The van der Waals surface area contributed by atoms with Gasteiger partial charge in [-0.1, -0.05) is 25.6 Å². The van der Waals surface area contributed by atoms with E-state index in [1.54, 1.807) is 6.92 Å². The van der Waals surface area contributed by atoms with E-state index in [-0.39, 0.29) is 28.2 Å². The van der Waals surface area contributed by atoms with Crippen LogP contribution in [0.25, 0.3) is 0 Å². The highest BCUT2D eigenvalue weighted by Gasteiger charge is 2.61. The van der Waals surface area contributed by atoms with Crippen LogP contribution in [0.2, 0.25) is 0 Å². The zero-order valence-corrected chi connectivity index (χ0v) is 20.5. The first-order valence-electron chi connectivity index (χ1n) is 12.2. The monoisotopic (exact) mass is 448 g/mol. The van der Waals surface area contributed by atoms with E-state index >= 15 is 0 Å². The number of ketones is 1. The molecule has 0 saturated heterocycles. The fourth-order valence-electron chi connectivity index (χ4n) is 8.62. The molecule has 4 aliphatic rings. The Morgan fingerprint density at radius 1 is 1.00 bits per heavy atom. The molecule has 0 aromatic heterocycles. The van der Waals surface area contributed by atoms with E-state index in [1.807, 2.05) is 0 Å². The highest BCUT2D eigenvalue weighted by atomic mass is 32.2.